The lowest BCUT2D eigenvalue weighted by molar-refractivity contribution is -0.146. The van der Waals surface area contributed by atoms with E-state index in [1.807, 2.05) is 0 Å². The Labute approximate surface area is 106 Å². The monoisotopic (exact) mass is 278 g/mol. The van der Waals surface area contributed by atoms with Crippen LogP contribution in [0.2, 0.25) is 10.3 Å². The van der Waals surface area contributed by atoms with Crippen LogP contribution in [-0.2, 0) is 4.79 Å². The third kappa shape index (κ3) is 3.85. The Balaban J connectivity index is 2.67. The smallest absolute Gasteiger partial charge is 0.334 e. The number of aliphatic hydroxyl groups excluding tert-OH is 1. The van der Waals surface area contributed by atoms with Crippen LogP contribution < -0.4 is 5.32 Å². The van der Waals surface area contributed by atoms with E-state index in [0.29, 0.717) is 0 Å². The van der Waals surface area contributed by atoms with Crippen molar-refractivity contribution in [1.82, 2.24) is 10.3 Å². The molecule has 0 saturated carbocycles. The van der Waals surface area contributed by atoms with Gasteiger partial charge >= 0.3 is 5.97 Å². The number of carbonyl (C=O) groups is 2. The number of aliphatic hydroxyl groups is 1. The molecule has 0 radical (unpaired) electrons. The quantitative estimate of drug-likeness (QED) is 0.699. The first-order chi connectivity index (χ1) is 7.91. The second-order valence-corrected chi connectivity index (χ2v) is 3.78. The molecule has 0 fully saturated rings. The number of carbonyl (C=O) groups excluding carboxylic acids is 1. The Hall–Kier alpha value is -1.37. The lowest BCUT2D eigenvalue weighted by Gasteiger charge is -2.08. The highest BCUT2D eigenvalue weighted by Crippen LogP contribution is 2.16. The number of pyridine rings is 1. The van der Waals surface area contributed by atoms with Crippen molar-refractivity contribution in [2.24, 2.45) is 0 Å². The predicted molar refractivity (Wildman–Crippen MR) is 60.2 cm³/mol. The minimum atomic E-state index is -1.67. The van der Waals surface area contributed by atoms with E-state index >= 15 is 0 Å². The molecule has 0 aliphatic rings. The summed E-state index contributed by atoms with van der Waals surface area (Å²) in [5, 5.41) is 19.6. The Morgan fingerprint density at radius 2 is 2.06 bits per heavy atom. The van der Waals surface area contributed by atoms with Crippen LogP contribution in [0.25, 0.3) is 0 Å². The highest BCUT2D eigenvalue weighted by molar-refractivity contribution is 6.34. The maximum absolute atomic E-state index is 11.5. The SMILES string of the molecule is O=C(NC[C@H](O)C(=O)O)c1ccc(Cl)nc1Cl. The van der Waals surface area contributed by atoms with E-state index in [-0.39, 0.29) is 15.9 Å². The molecule has 1 aromatic heterocycles. The number of nitrogens with zero attached hydrogens (tertiary/aromatic N) is 1. The third-order valence-electron chi connectivity index (χ3n) is 1.80. The Bertz CT molecular complexity index is 453. The van der Waals surface area contributed by atoms with Crippen LogP contribution in [0.4, 0.5) is 0 Å². The summed E-state index contributed by atoms with van der Waals surface area (Å²) in [6.45, 7) is -0.423. The van der Waals surface area contributed by atoms with Gasteiger partial charge in [0, 0.05) is 0 Å². The average Bonchev–Trinajstić information content (AvgIpc) is 2.25. The number of aliphatic carboxylic acids is 1. The van der Waals surface area contributed by atoms with Gasteiger partial charge in [-0.2, -0.15) is 0 Å². The molecule has 1 atom stereocenters. The van der Waals surface area contributed by atoms with E-state index in [9.17, 15) is 9.59 Å². The number of rotatable bonds is 4. The molecule has 1 amide bonds. The number of amides is 1. The van der Waals surface area contributed by atoms with Gasteiger partial charge in [0.2, 0.25) is 0 Å². The van der Waals surface area contributed by atoms with Gasteiger partial charge in [0.05, 0.1) is 12.1 Å². The molecule has 0 bridgehead atoms. The molecular formula is C9H8Cl2N2O4. The molecule has 0 unspecified atom stereocenters. The number of hydrogen-bond acceptors (Lipinski definition) is 4. The zero-order valence-electron chi connectivity index (χ0n) is 8.35. The van der Waals surface area contributed by atoms with Gasteiger partial charge in [0.25, 0.3) is 5.91 Å². The van der Waals surface area contributed by atoms with Crippen LogP contribution >= 0.6 is 23.2 Å². The first kappa shape index (κ1) is 13.7. The highest BCUT2D eigenvalue weighted by atomic mass is 35.5. The standard InChI is InChI=1S/C9H8Cl2N2O4/c10-6-2-1-4(7(11)13-6)8(15)12-3-5(14)9(16)17/h1-2,5,14H,3H2,(H,12,15)(H,16,17)/t5-/m0/s1. The highest BCUT2D eigenvalue weighted by Gasteiger charge is 2.16. The lowest BCUT2D eigenvalue weighted by Crippen LogP contribution is -2.36. The summed E-state index contributed by atoms with van der Waals surface area (Å²) in [5.74, 6) is -2.06. The van der Waals surface area contributed by atoms with Gasteiger partial charge in [-0.1, -0.05) is 23.2 Å². The van der Waals surface area contributed by atoms with Gasteiger partial charge in [-0.05, 0) is 12.1 Å². The number of hydrogen-bond donors (Lipinski definition) is 3. The Morgan fingerprint density at radius 1 is 1.41 bits per heavy atom. The second-order valence-electron chi connectivity index (χ2n) is 3.04. The van der Waals surface area contributed by atoms with E-state index in [0.717, 1.165) is 0 Å². The zero-order chi connectivity index (χ0) is 13.0. The normalized spacial score (nSPS) is 11.9. The number of carboxylic acids is 1. The fourth-order valence-corrected chi connectivity index (χ4v) is 1.38. The van der Waals surface area contributed by atoms with E-state index in [1.165, 1.54) is 12.1 Å². The second kappa shape index (κ2) is 5.81. The van der Waals surface area contributed by atoms with Crippen LogP contribution in [0.1, 0.15) is 10.4 Å². The molecule has 8 heteroatoms. The summed E-state index contributed by atoms with van der Waals surface area (Å²) in [6, 6.07) is 2.72. The van der Waals surface area contributed by atoms with Crippen molar-refractivity contribution < 1.29 is 19.8 Å². The fraction of sp³-hybridized carbons (Fsp3) is 0.222. The molecule has 1 aromatic rings. The van der Waals surface area contributed by atoms with E-state index in [4.69, 9.17) is 33.4 Å². The third-order valence-corrected chi connectivity index (χ3v) is 2.30. The number of nitrogens with one attached hydrogen (secondary N) is 1. The van der Waals surface area contributed by atoms with Gasteiger partial charge in [-0.15, -0.1) is 0 Å². The Morgan fingerprint density at radius 3 is 2.59 bits per heavy atom. The largest absolute Gasteiger partial charge is 0.479 e. The summed E-state index contributed by atoms with van der Waals surface area (Å²) >= 11 is 11.2. The van der Waals surface area contributed by atoms with Crippen molar-refractivity contribution in [3.8, 4) is 0 Å². The molecule has 1 heterocycles. The first-order valence-corrected chi connectivity index (χ1v) is 5.18. The van der Waals surface area contributed by atoms with Gasteiger partial charge in [-0.3, -0.25) is 4.79 Å². The molecule has 3 N–H and O–H groups in total. The lowest BCUT2D eigenvalue weighted by atomic mass is 10.2. The maximum Gasteiger partial charge on any atom is 0.334 e. The first-order valence-electron chi connectivity index (χ1n) is 4.43. The van der Waals surface area contributed by atoms with Crippen molar-refractivity contribution in [2.45, 2.75) is 6.10 Å². The summed E-state index contributed by atoms with van der Waals surface area (Å²) in [5.41, 5.74) is 0.0497. The van der Waals surface area contributed by atoms with Crippen molar-refractivity contribution in [1.29, 1.82) is 0 Å². The number of halogens is 2. The van der Waals surface area contributed by atoms with Crippen LogP contribution in [0.5, 0.6) is 0 Å². The molecule has 1 rings (SSSR count). The van der Waals surface area contributed by atoms with Crippen molar-refractivity contribution >= 4 is 35.1 Å². The van der Waals surface area contributed by atoms with Gasteiger partial charge < -0.3 is 15.5 Å². The van der Waals surface area contributed by atoms with E-state index < -0.39 is 24.5 Å². The maximum atomic E-state index is 11.5. The van der Waals surface area contributed by atoms with E-state index in [2.05, 4.69) is 10.3 Å². The summed E-state index contributed by atoms with van der Waals surface area (Å²) in [7, 11) is 0. The molecule has 17 heavy (non-hydrogen) atoms. The van der Waals surface area contributed by atoms with Gasteiger partial charge in [0.1, 0.15) is 10.3 Å². The fourth-order valence-electron chi connectivity index (χ4n) is 0.953. The van der Waals surface area contributed by atoms with Gasteiger partial charge in [-0.25, -0.2) is 9.78 Å². The van der Waals surface area contributed by atoms with Crippen molar-refractivity contribution in [2.75, 3.05) is 6.54 Å². The molecule has 92 valence electrons. The zero-order valence-corrected chi connectivity index (χ0v) is 9.87. The molecule has 0 spiro atoms. The number of aromatic nitrogens is 1. The summed E-state index contributed by atoms with van der Waals surface area (Å²) < 4.78 is 0. The van der Waals surface area contributed by atoms with Crippen LogP contribution in [0.3, 0.4) is 0 Å². The van der Waals surface area contributed by atoms with Crippen molar-refractivity contribution in [3.05, 3.63) is 28.0 Å². The average molecular weight is 279 g/mol. The summed E-state index contributed by atoms with van der Waals surface area (Å²) in [6.07, 6.45) is -1.67. The molecule has 0 aromatic carbocycles. The molecule has 0 aliphatic carbocycles. The van der Waals surface area contributed by atoms with Crippen LogP contribution in [0, 0.1) is 0 Å². The van der Waals surface area contributed by atoms with Crippen LogP contribution in [0.15, 0.2) is 12.1 Å². The van der Waals surface area contributed by atoms with Crippen molar-refractivity contribution in [3.63, 3.8) is 0 Å². The predicted octanol–water partition coefficient (Wildman–Crippen LogP) is 0.564. The Kier molecular flexibility index (Phi) is 4.68. The minimum Gasteiger partial charge on any atom is -0.479 e. The molecule has 0 saturated heterocycles. The topological polar surface area (TPSA) is 99.5 Å². The molecular weight excluding hydrogens is 271 g/mol. The molecule has 6 nitrogen and oxygen atoms in total. The summed E-state index contributed by atoms with van der Waals surface area (Å²) in [4.78, 5) is 25.5. The van der Waals surface area contributed by atoms with E-state index in [1.54, 1.807) is 0 Å². The van der Waals surface area contributed by atoms with Gasteiger partial charge in [0.15, 0.2) is 6.10 Å². The number of carboxylic acid groups (broad SMARTS) is 1. The van der Waals surface area contributed by atoms with Crippen LogP contribution in [-0.4, -0.2) is 39.7 Å². The minimum absolute atomic E-state index is 0.0497. The molecule has 0 aliphatic heterocycles.